The number of hydrogen-bond acceptors (Lipinski definition) is 8. The quantitative estimate of drug-likeness (QED) is 0.282. The maximum Gasteiger partial charge on any atom is 0.242 e. The van der Waals surface area contributed by atoms with Crippen molar-refractivity contribution in [3.63, 3.8) is 0 Å². The minimum Gasteiger partial charge on any atom is -0.494 e. The zero-order valence-electron chi connectivity index (χ0n) is 19.8. The number of sulfonamides is 1. The molecule has 3 heterocycles. The molecule has 5 aromatic rings. The molecular weight excluding hydrogens is 510 g/mol. The Hall–Kier alpha value is -3.96. The Morgan fingerprint density at radius 2 is 1.89 bits per heavy atom. The van der Waals surface area contributed by atoms with Crippen molar-refractivity contribution in [1.29, 1.82) is 0 Å². The highest BCUT2D eigenvalue weighted by molar-refractivity contribution is 7.90. The highest BCUT2D eigenvalue weighted by Crippen LogP contribution is 2.35. The minimum atomic E-state index is -3.69. The Kier molecular flexibility index (Phi) is 5.81. The molecule has 0 aliphatic carbocycles. The number of anilines is 1. The minimum absolute atomic E-state index is 0.0636. The van der Waals surface area contributed by atoms with E-state index in [1.54, 1.807) is 19.2 Å². The molecule has 3 N–H and O–H groups in total. The molecule has 0 spiro atoms. The summed E-state index contributed by atoms with van der Waals surface area (Å²) in [4.78, 5) is 24.6. The van der Waals surface area contributed by atoms with Crippen LogP contribution in [0.25, 0.3) is 21.3 Å². The molecular formula is C26H23N5O4S2. The number of aromatic amines is 1. The molecule has 188 valence electrons. The number of thiazole rings is 1. The number of carbonyl (C=O) groups is 1. The van der Waals surface area contributed by atoms with Crippen molar-refractivity contribution < 1.29 is 17.9 Å². The van der Waals surface area contributed by atoms with Crippen molar-refractivity contribution in [3.05, 3.63) is 83.7 Å². The van der Waals surface area contributed by atoms with Crippen LogP contribution in [-0.2, 0) is 21.2 Å². The number of hydrogen-bond donors (Lipinski definition) is 3. The summed E-state index contributed by atoms with van der Waals surface area (Å²) in [6, 6.07) is 20.8. The van der Waals surface area contributed by atoms with E-state index < -0.39 is 21.2 Å². The van der Waals surface area contributed by atoms with Gasteiger partial charge < -0.3 is 15.0 Å². The van der Waals surface area contributed by atoms with E-state index in [1.807, 2.05) is 54.6 Å². The van der Waals surface area contributed by atoms with E-state index in [2.05, 4.69) is 15.0 Å². The monoisotopic (exact) mass is 533 g/mol. The summed E-state index contributed by atoms with van der Waals surface area (Å²) in [7, 11) is -2.06. The van der Waals surface area contributed by atoms with Crippen LogP contribution in [0.1, 0.15) is 34.7 Å². The second-order valence-electron chi connectivity index (χ2n) is 8.87. The van der Waals surface area contributed by atoms with E-state index >= 15 is 0 Å². The van der Waals surface area contributed by atoms with Gasteiger partial charge >= 0.3 is 0 Å². The molecule has 0 saturated carbocycles. The predicted molar refractivity (Wildman–Crippen MR) is 143 cm³/mol. The Morgan fingerprint density at radius 3 is 2.62 bits per heavy atom. The fourth-order valence-corrected chi connectivity index (χ4v) is 6.97. The molecule has 9 nitrogen and oxygen atoms in total. The third-order valence-corrected chi connectivity index (χ3v) is 9.08. The lowest BCUT2D eigenvalue weighted by atomic mass is 10.0. The van der Waals surface area contributed by atoms with Gasteiger partial charge in [0.1, 0.15) is 22.3 Å². The molecule has 1 fully saturated rings. The predicted octanol–water partition coefficient (Wildman–Crippen LogP) is 4.47. The molecule has 2 aromatic heterocycles. The van der Waals surface area contributed by atoms with Crippen LogP contribution in [0.15, 0.2) is 66.7 Å². The lowest BCUT2D eigenvalue weighted by Gasteiger charge is -2.17. The molecule has 3 aromatic carbocycles. The normalized spacial score (nSPS) is 17.6. The number of ether oxygens (including phenoxy) is 1. The zero-order chi connectivity index (χ0) is 25.6. The van der Waals surface area contributed by atoms with Crippen molar-refractivity contribution in [2.24, 2.45) is 0 Å². The molecule has 2 atom stereocenters. The highest BCUT2D eigenvalue weighted by Gasteiger charge is 2.37. The highest BCUT2D eigenvalue weighted by atomic mass is 32.2. The first-order valence-corrected chi connectivity index (χ1v) is 14.0. The fourth-order valence-electron chi connectivity index (χ4n) is 4.60. The summed E-state index contributed by atoms with van der Waals surface area (Å²) in [5, 5.41) is 3.42. The van der Waals surface area contributed by atoms with Gasteiger partial charge in [-0.2, -0.15) is 0 Å². The van der Waals surface area contributed by atoms with Crippen molar-refractivity contribution >= 4 is 53.6 Å². The SMILES string of the molecule is COc1cccc2sc(N[C@@H](Cc3ccc([C@@H]4CC(=O)NS4(=O)=O)cc3)c3nc4ccccc4[nH]3)nc12. The molecule has 1 aliphatic rings. The maximum atomic E-state index is 12.3. The second-order valence-corrected chi connectivity index (χ2v) is 11.8. The van der Waals surface area contributed by atoms with Gasteiger partial charge in [0.2, 0.25) is 15.9 Å². The average molecular weight is 534 g/mol. The summed E-state index contributed by atoms with van der Waals surface area (Å²) >= 11 is 1.54. The number of nitrogens with one attached hydrogen (secondary N) is 3. The van der Waals surface area contributed by atoms with Crippen LogP contribution in [0.4, 0.5) is 5.13 Å². The number of benzene rings is 3. The Bertz CT molecular complexity index is 1690. The first-order chi connectivity index (χ1) is 17.9. The van der Waals surface area contributed by atoms with Crippen molar-refractivity contribution in [3.8, 4) is 5.75 Å². The van der Waals surface area contributed by atoms with Crippen LogP contribution in [-0.4, -0.2) is 36.4 Å². The Balaban J connectivity index is 1.32. The average Bonchev–Trinajstić information content (AvgIpc) is 3.57. The van der Waals surface area contributed by atoms with Gasteiger partial charge in [-0.1, -0.05) is 53.8 Å². The summed E-state index contributed by atoms with van der Waals surface area (Å²) in [6.07, 6.45) is 0.508. The standard InChI is InChI=1S/C26H23N5O4S2/c1-35-20-7-4-8-21-24(20)30-26(36-21)29-19(25-27-17-5-2-3-6-18(17)28-25)13-15-9-11-16(12-10-15)22-14-23(32)31-37(22,33)34/h2-12,19,22H,13-14H2,1H3,(H,27,28)(H,29,30)(H,31,32)/t19-,22-/m0/s1. The third kappa shape index (κ3) is 4.51. The van der Waals surface area contributed by atoms with E-state index in [4.69, 9.17) is 14.7 Å². The number of para-hydroxylation sites is 3. The molecule has 1 saturated heterocycles. The zero-order valence-corrected chi connectivity index (χ0v) is 21.4. The van der Waals surface area contributed by atoms with Crippen molar-refractivity contribution in [2.45, 2.75) is 24.1 Å². The number of carbonyl (C=O) groups excluding carboxylic acids is 1. The number of nitrogens with zero attached hydrogens (tertiary/aromatic N) is 2. The van der Waals surface area contributed by atoms with Gasteiger partial charge in [-0.15, -0.1) is 0 Å². The number of imidazole rings is 1. The van der Waals surface area contributed by atoms with Crippen LogP contribution in [0.5, 0.6) is 5.75 Å². The van der Waals surface area contributed by atoms with Gasteiger partial charge in [0, 0.05) is 0 Å². The van der Waals surface area contributed by atoms with Gasteiger partial charge in [-0.05, 0) is 41.8 Å². The van der Waals surface area contributed by atoms with Gasteiger partial charge in [0.25, 0.3) is 0 Å². The number of fused-ring (bicyclic) bond motifs is 2. The largest absolute Gasteiger partial charge is 0.494 e. The van der Waals surface area contributed by atoms with Crippen LogP contribution in [0.3, 0.4) is 0 Å². The molecule has 1 aliphatic heterocycles. The number of aromatic nitrogens is 3. The van der Waals surface area contributed by atoms with E-state index in [1.165, 1.54) is 11.3 Å². The molecule has 1 amide bonds. The van der Waals surface area contributed by atoms with Crippen LogP contribution >= 0.6 is 11.3 Å². The molecule has 6 rings (SSSR count). The van der Waals surface area contributed by atoms with Crippen LogP contribution in [0, 0.1) is 0 Å². The summed E-state index contributed by atoms with van der Waals surface area (Å²) in [6.45, 7) is 0. The molecule has 0 radical (unpaired) electrons. The number of H-pyrrole nitrogens is 1. The number of amides is 1. The van der Waals surface area contributed by atoms with Crippen LogP contribution in [0.2, 0.25) is 0 Å². The summed E-state index contributed by atoms with van der Waals surface area (Å²) < 4.78 is 33.1. The van der Waals surface area contributed by atoms with E-state index in [9.17, 15) is 13.2 Å². The summed E-state index contributed by atoms with van der Waals surface area (Å²) in [5.41, 5.74) is 4.18. The van der Waals surface area contributed by atoms with Crippen LogP contribution < -0.4 is 14.8 Å². The second kappa shape index (κ2) is 9.16. The molecule has 37 heavy (non-hydrogen) atoms. The van der Waals surface area contributed by atoms with Gasteiger partial charge in [0.15, 0.2) is 5.13 Å². The van der Waals surface area contributed by atoms with Gasteiger partial charge in [-0.25, -0.2) is 18.4 Å². The smallest absolute Gasteiger partial charge is 0.242 e. The topological polar surface area (TPSA) is 126 Å². The van der Waals surface area contributed by atoms with E-state index in [-0.39, 0.29) is 12.5 Å². The lowest BCUT2D eigenvalue weighted by molar-refractivity contribution is -0.118. The number of methoxy groups -OCH3 is 1. The van der Waals surface area contributed by atoms with Crippen molar-refractivity contribution in [2.75, 3.05) is 12.4 Å². The maximum absolute atomic E-state index is 12.3. The van der Waals surface area contributed by atoms with Gasteiger partial charge in [0.05, 0.1) is 35.3 Å². The number of rotatable bonds is 7. The molecule has 11 heteroatoms. The third-order valence-electron chi connectivity index (χ3n) is 6.43. The molecule has 0 bridgehead atoms. The lowest BCUT2D eigenvalue weighted by Crippen LogP contribution is -2.21. The first-order valence-electron chi connectivity index (χ1n) is 11.7. The first kappa shape index (κ1) is 23.4. The van der Waals surface area contributed by atoms with Gasteiger partial charge in [-0.3, -0.25) is 9.52 Å². The van der Waals surface area contributed by atoms with Crippen molar-refractivity contribution in [1.82, 2.24) is 19.7 Å². The van der Waals surface area contributed by atoms with E-state index in [0.29, 0.717) is 17.7 Å². The fraction of sp³-hybridized carbons (Fsp3) is 0.192. The Labute approximate surface area is 217 Å². The molecule has 0 unspecified atom stereocenters. The Morgan fingerprint density at radius 1 is 1.08 bits per heavy atom. The van der Waals surface area contributed by atoms with E-state index in [0.717, 1.165) is 37.8 Å². The summed E-state index contributed by atoms with van der Waals surface area (Å²) in [5.74, 6) is 1.01.